The number of fused-ring (bicyclic) bond motifs is 1. The van der Waals surface area contributed by atoms with Crippen molar-refractivity contribution in [1.29, 1.82) is 0 Å². The Morgan fingerprint density at radius 3 is 3.00 bits per heavy atom. The van der Waals surface area contributed by atoms with Crippen LogP contribution in [0.15, 0.2) is 53.3 Å². The molecule has 0 atom stereocenters. The Morgan fingerprint density at radius 2 is 2.13 bits per heavy atom. The molecule has 5 heteroatoms. The van der Waals surface area contributed by atoms with E-state index in [9.17, 15) is 4.79 Å². The summed E-state index contributed by atoms with van der Waals surface area (Å²) in [6, 6.07) is 13.4. The smallest absolute Gasteiger partial charge is 0.224 e. The summed E-state index contributed by atoms with van der Waals surface area (Å²) in [7, 11) is 1.61. The molecular formula is C18H18N2O3. The van der Waals surface area contributed by atoms with E-state index in [1.165, 1.54) is 6.39 Å². The number of rotatable bonds is 6. The molecule has 0 aliphatic heterocycles. The zero-order valence-electron chi connectivity index (χ0n) is 12.9. The number of carbonyl (C=O) groups is 1. The van der Waals surface area contributed by atoms with E-state index in [0.29, 0.717) is 13.0 Å². The van der Waals surface area contributed by atoms with E-state index in [-0.39, 0.29) is 5.91 Å². The van der Waals surface area contributed by atoms with Crippen molar-refractivity contribution in [2.75, 3.05) is 13.7 Å². The van der Waals surface area contributed by atoms with Crippen LogP contribution in [0.4, 0.5) is 0 Å². The van der Waals surface area contributed by atoms with Gasteiger partial charge in [0.05, 0.1) is 13.5 Å². The highest BCUT2D eigenvalue weighted by Crippen LogP contribution is 2.17. The highest BCUT2D eigenvalue weighted by molar-refractivity contribution is 5.79. The van der Waals surface area contributed by atoms with Crippen molar-refractivity contribution < 1.29 is 13.9 Å². The SMILES string of the molecule is COc1ccccc1CC(=O)NCCc1ccc2ocnc2c1. The van der Waals surface area contributed by atoms with Crippen LogP contribution in [0.3, 0.4) is 0 Å². The highest BCUT2D eigenvalue weighted by atomic mass is 16.5. The summed E-state index contributed by atoms with van der Waals surface area (Å²) in [5.41, 5.74) is 3.61. The third-order valence-corrected chi connectivity index (χ3v) is 3.67. The Hall–Kier alpha value is -2.82. The van der Waals surface area contributed by atoms with Gasteiger partial charge in [-0.05, 0) is 30.2 Å². The first-order chi connectivity index (χ1) is 11.3. The van der Waals surface area contributed by atoms with Crippen molar-refractivity contribution >= 4 is 17.0 Å². The minimum atomic E-state index is -0.0167. The molecule has 3 aromatic rings. The molecule has 0 saturated carbocycles. The van der Waals surface area contributed by atoms with Crippen molar-refractivity contribution in [2.45, 2.75) is 12.8 Å². The molecule has 0 fully saturated rings. The van der Waals surface area contributed by atoms with Gasteiger partial charge in [0.1, 0.15) is 11.3 Å². The Labute approximate surface area is 134 Å². The molecule has 118 valence electrons. The van der Waals surface area contributed by atoms with Gasteiger partial charge in [0, 0.05) is 12.1 Å². The molecule has 1 N–H and O–H groups in total. The molecule has 1 aromatic heterocycles. The summed E-state index contributed by atoms with van der Waals surface area (Å²) >= 11 is 0. The first-order valence-corrected chi connectivity index (χ1v) is 7.47. The molecule has 0 unspecified atom stereocenters. The van der Waals surface area contributed by atoms with E-state index in [1.807, 2.05) is 42.5 Å². The van der Waals surface area contributed by atoms with Crippen molar-refractivity contribution in [2.24, 2.45) is 0 Å². The summed E-state index contributed by atoms with van der Waals surface area (Å²) < 4.78 is 10.5. The van der Waals surface area contributed by atoms with Gasteiger partial charge in [-0.25, -0.2) is 4.98 Å². The Morgan fingerprint density at radius 1 is 1.26 bits per heavy atom. The molecule has 0 aliphatic rings. The summed E-state index contributed by atoms with van der Waals surface area (Å²) in [4.78, 5) is 16.2. The number of methoxy groups -OCH3 is 1. The maximum atomic E-state index is 12.0. The molecule has 0 radical (unpaired) electrons. The standard InChI is InChI=1S/C18H18N2O3/c1-22-16-5-3-2-4-14(16)11-18(21)19-9-8-13-6-7-17-15(10-13)20-12-23-17/h2-7,10,12H,8-9,11H2,1H3,(H,19,21). The molecular weight excluding hydrogens is 292 g/mol. The predicted molar refractivity (Wildman–Crippen MR) is 87.4 cm³/mol. The molecule has 0 bridgehead atoms. The Balaban J connectivity index is 1.52. The fourth-order valence-electron chi connectivity index (χ4n) is 2.49. The lowest BCUT2D eigenvalue weighted by Gasteiger charge is -2.09. The quantitative estimate of drug-likeness (QED) is 0.760. The van der Waals surface area contributed by atoms with Crippen LogP contribution < -0.4 is 10.1 Å². The van der Waals surface area contributed by atoms with Crippen LogP contribution in [0.2, 0.25) is 0 Å². The average Bonchev–Trinajstić information content (AvgIpc) is 3.03. The summed E-state index contributed by atoms with van der Waals surface area (Å²) in [6.07, 6.45) is 2.50. The molecule has 3 rings (SSSR count). The van der Waals surface area contributed by atoms with Gasteiger partial charge in [0.2, 0.25) is 5.91 Å². The van der Waals surface area contributed by atoms with Crippen LogP contribution in [-0.2, 0) is 17.6 Å². The van der Waals surface area contributed by atoms with Crippen LogP contribution in [-0.4, -0.2) is 24.5 Å². The average molecular weight is 310 g/mol. The molecule has 23 heavy (non-hydrogen) atoms. The van der Waals surface area contributed by atoms with Crippen molar-refractivity contribution in [3.8, 4) is 5.75 Å². The molecule has 0 aliphatic carbocycles. The van der Waals surface area contributed by atoms with Gasteiger partial charge >= 0.3 is 0 Å². The van der Waals surface area contributed by atoms with Gasteiger partial charge in [-0.3, -0.25) is 4.79 Å². The highest BCUT2D eigenvalue weighted by Gasteiger charge is 2.08. The number of carbonyl (C=O) groups excluding carboxylic acids is 1. The maximum absolute atomic E-state index is 12.0. The molecule has 0 spiro atoms. The topological polar surface area (TPSA) is 64.4 Å². The number of benzene rings is 2. The van der Waals surface area contributed by atoms with Gasteiger partial charge < -0.3 is 14.5 Å². The van der Waals surface area contributed by atoms with E-state index in [1.54, 1.807) is 7.11 Å². The number of hydrogen-bond donors (Lipinski definition) is 1. The fourth-order valence-corrected chi connectivity index (χ4v) is 2.49. The van der Waals surface area contributed by atoms with Crippen molar-refractivity contribution in [3.05, 3.63) is 60.0 Å². The van der Waals surface area contributed by atoms with Crippen LogP contribution in [0.1, 0.15) is 11.1 Å². The molecule has 2 aromatic carbocycles. The second-order valence-electron chi connectivity index (χ2n) is 5.24. The van der Waals surface area contributed by atoms with Gasteiger partial charge in [-0.2, -0.15) is 0 Å². The second kappa shape index (κ2) is 6.96. The zero-order chi connectivity index (χ0) is 16.1. The number of amides is 1. The number of nitrogens with one attached hydrogen (secondary N) is 1. The third-order valence-electron chi connectivity index (χ3n) is 3.67. The van der Waals surface area contributed by atoms with Crippen molar-refractivity contribution in [3.63, 3.8) is 0 Å². The number of hydrogen-bond acceptors (Lipinski definition) is 4. The van der Waals surface area contributed by atoms with E-state index in [4.69, 9.17) is 9.15 Å². The van der Waals surface area contributed by atoms with Crippen molar-refractivity contribution in [1.82, 2.24) is 10.3 Å². The normalized spacial score (nSPS) is 10.7. The molecule has 1 amide bonds. The van der Waals surface area contributed by atoms with Crippen LogP contribution in [0.25, 0.3) is 11.1 Å². The van der Waals surface area contributed by atoms with E-state index in [2.05, 4.69) is 10.3 Å². The first-order valence-electron chi connectivity index (χ1n) is 7.47. The van der Waals surface area contributed by atoms with Gasteiger partial charge in [-0.1, -0.05) is 24.3 Å². The summed E-state index contributed by atoms with van der Waals surface area (Å²) in [6.45, 7) is 0.581. The lowest BCUT2D eigenvalue weighted by atomic mass is 10.1. The monoisotopic (exact) mass is 310 g/mol. The van der Waals surface area contributed by atoms with Crippen LogP contribution >= 0.6 is 0 Å². The minimum Gasteiger partial charge on any atom is -0.496 e. The maximum Gasteiger partial charge on any atom is 0.224 e. The van der Waals surface area contributed by atoms with Gasteiger partial charge in [0.15, 0.2) is 12.0 Å². The molecule has 5 nitrogen and oxygen atoms in total. The van der Waals surface area contributed by atoms with Crippen LogP contribution in [0, 0.1) is 0 Å². The van der Waals surface area contributed by atoms with E-state index >= 15 is 0 Å². The number of aromatic nitrogens is 1. The van der Waals surface area contributed by atoms with E-state index < -0.39 is 0 Å². The molecule has 0 saturated heterocycles. The lowest BCUT2D eigenvalue weighted by molar-refractivity contribution is -0.120. The zero-order valence-corrected chi connectivity index (χ0v) is 12.9. The fraction of sp³-hybridized carbons (Fsp3) is 0.222. The van der Waals surface area contributed by atoms with Crippen LogP contribution in [0.5, 0.6) is 5.75 Å². The number of ether oxygens (including phenoxy) is 1. The third kappa shape index (κ3) is 3.69. The number of oxazole rings is 1. The Bertz CT molecular complexity index is 811. The number of para-hydroxylation sites is 1. The lowest BCUT2D eigenvalue weighted by Crippen LogP contribution is -2.27. The van der Waals surface area contributed by atoms with Gasteiger partial charge in [-0.15, -0.1) is 0 Å². The Kier molecular flexibility index (Phi) is 4.57. The first kappa shape index (κ1) is 15.1. The van der Waals surface area contributed by atoms with Gasteiger partial charge in [0.25, 0.3) is 0 Å². The largest absolute Gasteiger partial charge is 0.496 e. The molecule has 1 heterocycles. The summed E-state index contributed by atoms with van der Waals surface area (Å²) in [5, 5.41) is 2.93. The summed E-state index contributed by atoms with van der Waals surface area (Å²) in [5.74, 6) is 0.719. The minimum absolute atomic E-state index is 0.0167. The number of nitrogens with zero attached hydrogens (tertiary/aromatic N) is 1. The second-order valence-corrected chi connectivity index (χ2v) is 5.24. The predicted octanol–water partition coefficient (Wildman–Crippen LogP) is 2.74. The van der Waals surface area contributed by atoms with E-state index in [0.717, 1.165) is 34.4 Å².